The maximum atomic E-state index is 13.7. The average molecular weight is 382 g/mol. The molecule has 1 saturated carbocycles. The largest absolute Gasteiger partial charge is 0.435 e. The van der Waals surface area contributed by atoms with E-state index in [9.17, 15) is 17.6 Å². The van der Waals surface area contributed by atoms with Crippen LogP contribution < -0.4 is 5.73 Å². The van der Waals surface area contributed by atoms with Crippen molar-refractivity contribution in [1.82, 2.24) is 25.1 Å². The fourth-order valence-electron chi connectivity index (χ4n) is 3.19. The summed E-state index contributed by atoms with van der Waals surface area (Å²) in [6, 6.07) is 4.38. The van der Waals surface area contributed by atoms with Crippen LogP contribution in [0, 0.1) is 5.82 Å². The summed E-state index contributed by atoms with van der Waals surface area (Å²) in [6.07, 6.45) is -1.79. The summed E-state index contributed by atoms with van der Waals surface area (Å²) in [6.45, 7) is 0. The number of aromatic nitrogens is 5. The molecule has 7 nitrogen and oxygen atoms in total. The van der Waals surface area contributed by atoms with Gasteiger partial charge in [-0.05, 0) is 37.1 Å². The van der Waals surface area contributed by atoms with Crippen LogP contribution in [0.1, 0.15) is 37.2 Å². The minimum atomic E-state index is -4.81. The van der Waals surface area contributed by atoms with E-state index in [-0.39, 0.29) is 11.5 Å². The Balaban J connectivity index is 1.80. The van der Waals surface area contributed by atoms with Crippen LogP contribution >= 0.6 is 0 Å². The van der Waals surface area contributed by atoms with E-state index in [2.05, 4.69) is 20.5 Å². The average Bonchev–Trinajstić information content (AvgIpc) is 3.33. The highest BCUT2D eigenvalue weighted by Crippen LogP contribution is 2.39. The lowest BCUT2D eigenvalue weighted by Gasteiger charge is -2.17. The summed E-state index contributed by atoms with van der Waals surface area (Å²) < 4.78 is 59.7. The molecule has 2 heterocycles. The maximum Gasteiger partial charge on any atom is 0.435 e. The summed E-state index contributed by atoms with van der Waals surface area (Å²) >= 11 is 0. The smallest absolute Gasteiger partial charge is 0.332 e. The molecule has 2 aromatic heterocycles. The van der Waals surface area contributed by atoms with Crippen molar-refractivity contribution in [2.24, 2.45) is 5.73 Å². The fourth-order valence-corrected chi connectivity index (χ4v) is 3.19. The van der Waals surface area contributed by atoms with E-state index < -0.39 is 34.8 Å². The van der Waals surface area contributed by atoms with Crippen LogP contribution in [0.4, 0.5) is 17.6 Å². The Hall–Kier alpha value is -2.82. The second-order valence-corrected chi connectivity index (χ2v) is 6.46. The number of hydrogen-bond acceptors (Lipinski definition) is 6. The van der Waals surface area contributed by atoms with Crippen molar-refractivity contribution in [3.63, 3.8) is 0 Å². The number of nitrogens with zero attached hydrogens (tertiary/aromatic N) is 5. The van der Waals surface area contributed by atoms with Gasteiger partial charge in [0.2, 0.25) is 0 Å². The predicted octanol–water partition coefficient (Wildman–Crippen LogP) is 3.20. The first-order valence-corrected chi connectivity index (χ1v) is 8.20. The number of nitrogens with two attached hydrogens (primary N) is 1. The van der Waals surface area contributed by atoms with E-state index in [4.69, 9.17) is 10.3 Å². The van der Waals surface area contributed by atoms with E-state index in [0.717, 1.165) is 37.1 Å². The molecule has 2 N–H and O–H groups in total. The molecule has 0 amide bonds. The fraction of sp³-hybridized carbons (Fsp3) is 0.375. The molecule has 11 heteroatoms. The van der Waals surface area contributed by atoms with Crippen molar-refractivity contribution < 1.29 is 22.1 Å². The molecule has 0 bridgehead atoms. The summed E-state index contributed by atoms with van der Waals surface area (Å²) in [4.78, 5) is 4.05. The molecule has 0 atom stereocenters. The monoisotopic (exact) mass is 382 g/mol. The molecule has 3 aromatic rings. The van der Waals surface area contributed by atoms with Gasteiger partial charge < -0.3 is 10.3 Å². The van der Waals surface area contributed by atoms with Crippen molar-refractivity contribution in [2.75, 3.05) is 0 Å². The minimum absolute atomic E-state index is 0.00620. The highest BCUT2D eigenvalue weighted by atomic mass is 19.4. The zero-order chi connectivity index (χ0) is 19.2. The third-order valence-electron chi connectivity index (χ3n) is 4.58. The van der Waals surface area contributed by atoms with Crippen LogP contribution in [0.25, 0.3) is 17.3 Å². The zero-order valence-corrected chi connectivity index (χ0v) is 13.9. The lowest BCUT2D eigenvalue weighted by Crippen LogP contribution is -2.34. The molecule has 0 unspecified atom stereocenters. The van der Waals surface area contributed by atoms with Gasteiger partial charge in [0.1, 0.15) is 5.82 Å². The molecule has 0 spiro atoms. The van der Waals surface area contributed by atoms with E-state index in [1.807, 2.05) is 0 Å². The van der Waals surface area contributed by atoms with Gasteiger partial charge >= 0.3 is 6.18 Å². The molecule has 0 saturated heterocycles. The van der Waals surface area contributed by atoms with Crippen LogP contribution in [-0.2, 0) is 11.7 Å². The predicted molar refractivity (Wildman–Crippen MR) is 83.9 cm³/mol. The van der Waals surface area contributed by atoms with Crippen LogP contribution in [0.2, 0.25) is 0 Å². The topological polar surface area (TPSA) is 95.6 Å². The zero-order valence-electron chi connectivity index (χ0n) is 13.9. The van der Waals surface area contributed by atoms with Crippen molar-refractivity contribution in [2.45, 2.75) is 37.4 Å². The molecule has 1 aliphatic carbocycles. The van der Waals surface area contributed by atoms with Crippen LogP contribution in [0.15, 0.2) is 28.8 Å². The Morgan fingerprint density at radius 3 is 2.41 bits per heavy atom. The normalized spacial score (nSPS) is 16.8. The van der Waals surface area contributed by atoms with E-state index in [0.29, 0.717) is 17.5 Å². The first-order valence-electron chi connectivity index (χ1n) is 8.20. The van der Waals surface area contributed by atoms with Gasteiger partial charge in [-0.15, -0.1) is 5.10 Å². The lowest BCUT2D eigenvalue weighted by atomic mass is 9.99. The first-order chi connectivity index (χ1) is 12.8. The Kier molecular flexibility index (Phi) is 3.98. The number of halogens is 4. The summed E-state index contributed by atoms with van der Waals surface area (Å²) in [5.41, 5.74) is 3.61. The minimum Gasteiger partial charge on any atom is -0.332 e. The Labute approximate surface area is 150 Å². The van der Waals surface area contributed by atoms with Crippen LogP contribution in [0.3, 0.4) is 0 Å². The Bertz CT molecular complexity index is 956. The van der Waals surface area contributed by atoms with Crippen molar-refractivity contribution >= 4 is 0 Å². The first kappa shape index (κ1) is 17.6. The summed E-state index contributed by atoms with van der Waals surface area (Å²) in [5, 5.41) is 10.9. The highest BCUT2D eigenvalue weighted by molar-refractivity contribution is 5.53. The van der Waals surface area contributed by atoms with E-state index in [1.54, 1.807) is 0 Å². The third kappa shape index (κ3) is 3.07. The highest BCUT2D eigenvalue weighted by Gasteiger charge is 2.43. The number of hydrogen-bond donors (Lipinski definition) is 1. The number of benzene rings is 1. The number of rotatable bonds is 3. The molecule has 4 rings (SSSR count). The molecule has 0 radical (unpaired) electrons. The van der Waals surface area contributed by atoms with E-state index in [1.165, 1.54) is 0 Å². The van der Waals surface area contributed by atoms with Gasteiger partial charge in [-0.3, -0.25) is 0 Å². The van der Waals surface area contributed by atoms with Gasteiger partial charge in [-0.25, -0.2) is 9.07 Å². The summed E-state index contributed by atoms with van der Waals surface area (Å²) in [5.74, 6) is -0.846. The SMILES string of the molecule is NC1(c2noc(-c3nnn(-c4ccc(F)cc4)c3C(F)(F)F)n2)CCCC1. The second kappa shape index (κ2) is 6.12. The lowest BCUT2D eigenvalue weighted by molar-refractivity contribution is -0.142. The van der Waals surface area contributed by atoms with Crippen molar-refractivity contribution in [1.29, 1.82) is 0 Å². The molecule has 1 fully saturated rings. The molecule has 1 aliphatic rings. The van der Waals surface area contributed by atoms with Crippen molar-refractivity contribution in [3.8, 4) is 17.3 Å². The molecule has 27 heavy (non-hydrogen) atoms. The standard InChI is InChI=1S/C16H14F4N6O/c17-9-3-5-10(6-4-9)26-12(16(18,19)20)11(23-25-26)13-22-14(24-27-13)15(21)7-1-2-8-15/h3-6H,1-2,7-8,21H2. The van der Waals surface area contributed by atoms with Gasteiger partial charge in [-0.1, -0.05) is 23.2 Å². The Morgan fingerprint density at radius 1 is 1.11 bits per heavy atom. The molecular weight excluding hydrogens is 368 g/mol. The quantitative estimate of drug-likeness (QED) is 0.699. The Morgan fingerprint density at radius 2 is 1.78 bits per heavy atom. The van der Waals surface area contributed by atoms with Gasteiger partial charge in [0.05, 0.1) is 11.2 Å². The van der Waals surface area contributed by atoms with Gasteiger partial charge in [0.15, 0.2) is 17.2 Å². The van der Waals surface area contributed by atoms with Crippen LogP contribution in [0.5, 0.6) is 0 Å². The van der Waals surface area contributed by atoms with Gasteiger partial charge in [0, 0.05) is 0 Å². The van der Waals surface area contributed by atoms with E-state index >= 15 is 0 Å². The molecule has 1 aromatic carbocycles. The molecule has 142 valence electrons. The maximum absolute atomic E-state index is 13.7. The van der Waals surface area contributed by atoms with Gasteiger partial charge in [-0.2, -0.15) is 18.2 Å². The third-order valence-corrected chi connectivity index (χ3v) is 4.58. The second-order valence-electron chi connectivity index (χ2n) is 6.46. The van der Waals surface area contributed by atoms with Crippen LogP contribution in [-0.4, -0.2) is 25.1 Å². The number of alkyl halides is 3. The molecule has 0 aliphatic heterocycles. The van der Waals surface area contributed by atoms with Gasteiger partial charge in [0.25, 0.3) is 5.89 Å². The summed E-state index contributed by atoms with van der Waals surface area (Å²) in [7, 11) is 0. The molecular formula is C16H14F4N6O. The van der Waals surface area contributed by atoms with Crippen molar-refractivity contribution in [3.05, 3.63) is 41.6 Å².